The summed E-state index contributed by atoms with van der Waals surface area (Å²) in [5, 5.41) is 6.39. The molecule has 0 atom stereocenters. The predicted octanol–water partition coefficient (Wildman–Crippen LogP) is 0.623. The molecule has 0 bridgehead atoms. The van der Waals surface area contributed by atoms with E-state index in [-0.39, 0.29) is 0 Å². The second-order valence-corrected chi connectivity index (χ2v) is 6.37. The van der Waals surface area contributed by atoms with E-state index in [1.807, 2.05) is 6.92 Å². The summed E-state index contributed by atoms with van der Waals surface area (Å²) in [5.74, 6) is 0.774. The average molecular weight is 292 g/mol. The maximum absolute atomic E-state index is 11.4. The molecule has 0 unspecified atom stereocenters. The summed E-state index contributed by atoms with van der Waals surface area (Å²) in [7, 11) is -1.35. The molecular weight excluding hydrogens is 264 g/mol. The van der Waals surface area contributed by atoms with Crippen molar-refractivity contribution in [1.29, 1.82) is 0 Å². The lowest BCUT2D eigenvalue weighted by atomic mass is 10.3. The Labute approximate surface area is 117 Å². The van der Waals surface area contributed by atoms with Crippen LogP contribution in [-0.4, -0.2) is 58.2 Å². The number of nitrogens with zero attached hydrogens (tertiary/aromatic N) is 2. The first-order valence-corrected chi connectivity index (χ1v) is 8.70. The van der Waals surface area contributed by atoms with Crippen LogP contribution in [0.2, 0.25) is 0 Å². The quantitative estimate of drug-likeness (QED) is 0.371. The third-order valence-electron chi connectivity index (χ3n) is 2.74. The Morgan fingerprint density at radius 1 is 1.16 bits per heavy atom. The molecule has 6 nitrogen and oxygen atoms in total. The molecule has 19 heavy (non-hydrogen) atoms. The van der Waals surface area contributed by atoms with Crippen molar-refractivity contribution in [3.8, 4) is 0 Å². The van der Waals surface area contributed by atoms with Crippen LogP contribution in [0.25, 0.3) is 0 Å². The fourth-order valence-electron chi connectivity index (χ4n) is 1.62. The maximum atomic E-state index is 11.4. The molecule has 0 spiro atoms. The first-order valence-electron chi connectivity index (χ1n) is 6.85. The van der Waals surface area contributed by atoms with Gasteiger partial charge in [0.25, 0.3) is 0 Å². The molecule has 0 heterocycles. The number of unbranched alkanes of at least 4 members (excludes halogenated alkanes) is 1. The highest BCUT2D eigenvalue weighted by Gasteiger charge is 2.13. The smallest absolute Gasteiger partial charge is 0.211 e. The zero-order valence-corrected chi connectivity index (χ0v) is 13.4. The average Bonchev–Trinajstić information content (AvgIpc) is 2.35. The molecule has 0 aromatic heterocycles. The van der Waals surface area contributed by atoms with Crippen LogP contribution in [0.5, 0.6) is 0 Å². The Morgan fingerprint density at radius 3 is 2.16 bits per heavy atom. The van der Waals surface area contributed by atoms with Gasteiger partial charge in [0.15, 0.2) is 5.96 Å². The zero-order valence-electron chi connectivity index (χ0n) is 12.6. The number of guanidine groups is 1. The molecule has 2 N–H and O–H groups in total. The standard InChI is InChI=1S/C12H28N4O2S/c1-5-7-9-14-12(13-3)15-10-8-11-16(6-2)19(4,17)18/h5-11H2,1-4H3,(H2,13,14,15). The van der Waals surface area contributed by atoms with Crippen molar-refractivity contribution in [1.82, 2.24) is 14.9 Å². The van der Waals surface area contributed by atoms with Gasteiger partial charge in [-0.25, -0.2) is 12.7 Å². The van der Waals surface area contributed by atoms with Gasteiger partial charge < -0.3 is 10.6 Å². The Morgan fingerprint density at radius 2 is 1.74 bits per heavy atom. The minimum absolute atomic E-state index is 0.516. The lowest BCUT2D eigenvalue weighted by molar-refractivity contribution is 0.424. The van der Waals surface area contributed by atoms with Crippen molar-refractivity contribution in [3.63, 3.8) is 0 Å². The third-order valence-corrected chi connectivity index (χ3v) is 4.12. The first kappa shape index (κ1) is 18.2. The van der Waals surface area contributed by atoms with E-state index in [2.05, 4.69) is 22.5 Å². The van der Waals surface area contributed by atoms with Crippen LogP contribution in [0.3, 0.4) is 0 Å². The van der Waals surface area contributed by atoms with E-state index < -0.39 is 10.0 Å². The van der Waals surface area contributed by atoms with E-state index in [0.29, 0.717) is 19.6 Å². The minimum atomic E-state index is -3.08. The van der Waals surface area contributed by atoms with E-state index >= 15 is 0 Å². The maximum Gasteiger partial charge on any atom is 0.211 e. The van der Waals surface area contributed by atoms with Crippen LogP contribution in [-0.2, 0) is 10.0 Å². The summed E-state index contributed by atoms with van der Waals surface area (Å²) < 4.78 is 24.3. The highest BCUT2D eigenvalue weighted by atomic mass is 32.2. The van der Waals surface area contributed by atoms with Crippen LogP contribution < -0.4 is 10.6 Å². The molecule has 0 aliphatic rings. The summed E-state index contributed by atoms with van der Waals surface area (Å²) in [6.45, 7) is 6.65. The Hall–Kier alpha value is -0.820. The number of rotatable bonds is 9. The fraction of sp³-hybridized carbons (Fsp3) is 0.917. The van der Waals surface area contributed by atoms with Crippen molar-refractivity contribution in [3.05, 3.63) is 0 Å². The molecule has 0 amide bonds. The van der Waals surface area contributed by atoms with Gasteiger partial charge in [-0.1, -0.05) is 20.3 Å². The number of sulfonamides is 1. The van der Waals surface area contributed by atoms with E-state index in [0.717, 1.165) is 31.8 Å². The summed E-state index contributed by atoms with van der Waals surface area (Å²) in [6, 6.07) is 0. The second-order valence-electron chi connectivity index (χ2n) is 4.39. The zero-order chi connectivity index (χ0) is 14.7. The Kier molecular flexibility index (Phi) is 9.59. The molecule has 7 heteroatoms. The van der Waals surface area contributed by atoms with Gasteiger partial charge in [-0.05, 0) is 12.8 Å². The van der Waals surface area contributed by atoms with Gasteiger partial charge in [0.1, 0.15) is 0 Å². The molecule has 0 aromatic rings. The summed E-state index contributed by atoms with van der Waals surface area (Å²) >= 11 is 0. The molecule has 0 saturated carbocycles. The van der Waals surface area contributed by atoms with E-state index in [1.54, 1.807) is 7.05 Å². The number of hydrogen-bond acceptors (Lipinski definition) is 3. The molecule has 0 fully saturated rings. The van der Waals surface area contributed by atoms with E-state index in [1.165, 1.54) is 10.6 Å². The Bertz CT molecular complexity index is 355. The molecular formula is C12H28N4O2S. The van der Waals surface area contributed by atoms with Gasteiger partial charge in [0.2, 0.25) is 10.0 Å². The van der Waals surface area contributed by atoms with Crippen molar-refractivity contribution in [2.45, 2.75) is 33.1 Å². The largest absolute Gasteiger partial charge is 0.356 e. The van der Waals surface area contributed by atoms with Gasteiger partial charge in [0, 0.05) is 33.2 Å². The van der Waals surface area contributed by atoms with Crippen molar-refractivity contribution < 1.29 is 8.42 Å². The summed E-state index contributed by atoms with van der Waals surface area (Å²) in [4.78, 5) is 4.11. The number of aliphatic imine (C=N–C) groups is 1. The van der Waals surface area contributed by atoms with Gasteiger partial charge >= 0.3 is 0 Å². The fourth-order valence-corrected chi connectivity index (χ4v) is 2.55. The van der Waals surface area contributed by atoms with Crippen molar-refractivity contribution >= 4 is 16.0 Å². The van der Waals surface area contributed by atoms with Crippen LogP contribution in [0, 0.1) is 0 Å². The summed E-state index contributed by atoms with van der Waals surface area (Å²) in [6.07, 6.45) is 4.26. The van der Waals surface area contributed by atoms with Gasteiger partial charge in [-0.15, -0.1) is 0 Å². The number of hydrogen-bond donors (Lipinski definition) is 2. The monoisotopic (exact) mass is 292 g/mol. The lowest BCUT2D eigenvalue weighted by Crippen LogP contribution is -2.39. The molecule has 0 aliphatic heterocycles. The highest BCUT2D eigenvalue weighted by Crippen LogP contribution is 1.98. The van der Waals surface area contributed by atoms with Crippen LogP contribution in [0.15, 0.2) is 4.99 Å². The van der Waals surface area contributed by atoms with E-state index in [9.17, 15) is 8.42 Å². The molecule has 0 rings (SSSR count). The molecule has 0 aromatic carbocycles. The number of nitrogens with one attached hydrogen (secondary N) is 2. The van der Waals surface area contributed by atoms with E-state index in [4.69, 9.17) is 0 Å². The van der Waals surface area contributed by atoms with Crippen LogP contribution in [0.4, 0.5) is 0 Å². The lowest BCUT2D eigenvalue weighted by Gasteiger charge is -2.18. The molecule has 0 aliphatic carbocycles. The first-order chi connectivity index (χ1) is 8.95. The molecule has 114 valence electrons. The van der Waals surface area contributed by atoms with Gasteiger partial charge in [0.05, 0.1) is 6.26 Å². The SMILES string of the molecule is CCCCNC(=NC)NCCCN(CC)S(C)(=O)=O. The summed E-state index contributed by atoms with van der Waals surface area (Å²) in [5.41, 5.74) is 0. The Balaban J connectivity index is 3.89. The van der Waals surface area contributed by atoms with Crippen molar-refractivity contribution in [2.75, 3.05) is 39.5 Å². The van der Waals surface area contributed by atoms with Gasteiger partial charge in [-0.3, -0.25) is 4.99 Å². The van der Waals surface area contributed by atoms with Gasteiger partial charge in [-0.2, -0.15) is 0 Å². The topological polar surface area (TPSA) is 73.8 Å². The normalized spacial score (nSPS) is 12.8. The second kappa shape index (κ2) is 10.0. The molecule has 0 radical (unpaired) electrons. The van der Waals surface area contributed by atoms with Crippen LogP contribution >= 0.6 is 0 Å². The predicted molar refractivity (Wildman–Crippen MR) is 81.0 cm³/mol. The van der Waals surface area contributed by atoms with Crippen molar-refractivity contribution in [2.24, 2.45) is 4.99 Å². The third kappa shape index (κ3) is 8.83. The minimum Gasteiger partial charge on any atom is -0.356 e. The van der Waals surface area contributed by atoms with Crippen LogP contribution in [0.1, 0.15) is 33.1 Å². The highest BCUT2D eigenvalue weighted by molar-refractivity contribution is 7.88. The molecule has 0 saturated heterocycles.